The van der Waals surface area contributed by atoms with E-state index < -0.39 is 8.56 Å². The second kappa shape index (κ2) is 2.83. The maximum atomic E-state index is 5.81. The van der Waals surface area contributed by atoms with Crippen molar-refractivity contribution in [3.8, 4) is 0 Å². The average Bonchev–Trinajstić information content (AvgIpc) is 2.05. The first-order chi connectivity index (χ1) is 6.12. The molecule has 0 atom stereocenters. The molecule has 2 nitrogen and oxygen atoms in total. The molecule has 0 unspecified atom stereocenters. The molecule has 1 rings (SSSR count). The molecule has 1 heterocycles. The van der Waals surface area contributed by atoms with E-state index in [-0.39, 0.29) is 15.5 Å². The molecule has 14 heavy (non-hydrogen) atoms. The molecule has 3 heteroatoms. The van der Waals surface area contributed by atoms with Gasteiger partial charge in [0.1, 0.15) is 0 Å². The van der Waals surface area contributed by atoms with Gasteiger partial charge in [-0.25, -0.2) is 0 Å². The third-order valence-corrected chi connectivity index (χ3v) is 11.0. The molecule has 1 fully saturated rings. The summed E-state index contributed by atoms with van der Waals surface area (Å²) in [5, 5.41) is 0.319. The molecule has 1 aliphatic heterocycles. The second-order valence-corrected chi connectivity index (χ2v) is 10.4. The summed E-state index contributed by atoms with van der Waals surface area (Å²) < 4.78 is 11.6. The van der Waals surface area contributed by atoms with Crippen LogP contribution in [0, 0.1) is 5.41 Å². The summed E-state index contributed by atoms with van der Waals surface area (Å²) in [6.07, 6.45) is 0. The summed E-state index contributed by atoms with van der Waals surface area (Å²) in [6, 6.07) is 0. The van der Waals surface area contributed by atoms with Gasteiger partial charge in [0.15, 0.2) is 0 Å². The molecule has 1 saturated heterocycles. The molecule has 0 aromatic rings. The maximum absolute atomic E-state index is 5.81. The highest BCUT2D eigenvalue weighted by molar-refractivity contribution is 6.77. The third-order valence-electron chi connectivity index (χ3n) is 5.35. The van der Waals surface area contributed by atoms with E-state index in [4.69, 9.17) is 8.85 Å². The van der Waals surface area contributed by atoms with Gasteiger partial charge in [0.2, 0.25) is 0 Å². The first kappa shape index (κ1) is 12.2. The van der Waals surface area contributed by atoms with Gasteiger partial charge in [-0.1, -0.05) is 41.5 Å². The molecule has 0 aromatic carbocycles. The van der Waals surface area contributed by atoms with Crippen LogP contribution in [0.3, 0.4) is 0 Å². The molecule has 0 N–H and O–H groups in total. The number of hydrogen-bond donors (Lipinski definition) is 0. The van der Waals surface area contributed by atoms with E-state index >= 15 is 0 Å². The van der Waals surface area contributed by atoms with Gasteiger partial charge in [0, 0.05) is 24.3 Å². The van der Waals surface area contributed by atoms with Crippen molar-refractivity contribution in [1.82, 2.24) is 0 Å². The summed E-state index contributed by atoms with van der Waals surface area (Å²) in [6.45, 7) is 13.7. The predicted octanol–water partition coefficient (Wildman–Crippen LogP) is 3.32. The van der Waals surface area contributed by atoms with Crippen molar-refractivity contribution in [2.75, 3.05) is 14.2 Å². The highest BCUT2D eigenvalue weighted by atomic mass is 28.4. The lowest BCUT2D eigenvalue weighted by Crippen LogP contribution is -2.76. The highest BCUT2D eigenvalue weighted by Gasteiger charge is 2.81. The lowest BCUT2D eigenvalue weighted by atomic mass is 9.68. The topological polar surface area (TPSA) is 18.5 Å². The average molecular weight is 216 g/mol. The summed E-state index contributed by atoms with van der Waals surface area (Å²) in [5.74, 6) is 0. The minimum absolute atomic E-state index is 0.160. The largest absolute Gasteiger partial charge is 0.397 e. The molecule has 0 aromatic heterocycles. The Bertz CT molecular complexity index is 220. The molecular weight excluding hydrogens is 192 g/mol. The summed E-state index contributed by atoms with van der Waals surface area (Å²) >= 11 is 0. The highest BCUT2D eigenvalue weighted by Crippen LogP contribution is 2.80. The second-order valence-electron chi connectivity index (χ2n) is 5.90. The van der Waals surface area contributed by atoms with Crippen molar-refractivity contribution in [1.29, 1.82) is 0 Å². The number of hydrogen-bond acceptors (Lipinski definition) is 2. The van der Waals surface area contributed by atoms with Crippen molar-refractivity contribution in [3.63, 3.8) is 0 Å². The van der Waals surface area contributed by atoms with Gasteiger partial charge in [-0.2, -0.15) is 0 Å². The van der Waals surface area contributed by atoms with Crippen LogP contribution in [0.25, 0.3) is 0 Å². The van der Waals surface area contributed by atoms with Gasteiger partial charge in [-0.05, 0) is 5.41 Å². The minimum atomic E-state index is -2.08. The van der Waals surface area contributed by atoms with Crippen molar-refractivity contribution in [2.24, 2.45) is 5.41 Å². The Balaban J connectivity index is 3.23. The van der Waals surface area contributed by atoms with Crippen molar-refractivity contribution in [2.45, 2.75) is 51.6 Å². The quantitative estimate of drug-likeness (QED) is 0.659. The molecule has 1 aliphatic rings. The van der Waals surface area contributed by atoms with E-state index in [2.05, 4.69) is 41.5 Å². The van der Waals surface area contributed by atoms with E-state index in [1.165, 1.54) is 0 Å². The van der Waals surface area contributed by atoms with Crippen molar-refractivity contribution >= 4 is 8.56 Å². The summed E-state index contributed by atoms with van der Waals surface area (Å²) in [4.78, 5) is 0. The van der Waals surface area contributed by atoms with Crippen LogP contribution >= 0.6 is 0 Å². The van der Waals surface area contributed by atoms with E-state index in [0.29, 0.717) is 0 Å². The van der Waals surface area contributed by atoms with Crippen molar-refractivity contribution in [3.05, 3.63) is 0 Å². The standard InChI is InChI=1S/C11H24O2Si/c1-9(2)10(3,4)14(12-7,13-8)11(9,5)6/h1-8H3. The lowest BCUT2D eigenvalue weighted by Gasteiger charge is -2.73. The van der Waals surface area contributed by atoms with Gasteiger partial charge in [0.25, 0.3) is 0 Å². The van der Waals surface area contributed by atoms with Crippen LogP contribution < -0.4 is 0 Å². The van der Waals surface area contributed by atoms with Gasteiger partial charge in [0.05, 0.1) is 0 Å². The Kier molecular flexibility index (Phi) is 2.47. The van der Waals surface area contributed by atoms with Crippen LogP contribution in [0.4, 0.5) is 0 Å². The van der Waals surface area contributed by atoms with Crippen LogP contribution in [-0.4, -0.2) is 22.8 Å². The minimum Gasteiger partial charge on any atom is -0.397 e. The molecule has 0 saturated carbocycles. The summed E-state index contributed by atoms with van der Waals surface area (Å²) in [7, 11) is 1.52. The first-order valence-electron chi connectivity index (χ1n) is 5.22. The Morgan fingerprint density at radius 3 is 1.14 bits per heavy atom. The molecule has 0 radical (unpaired) electrons. The van der Waals surface area contributed by atoms with E-state index in [0.717, 1.165) is 0 Å². The fraction of sp³-hybridized carbons (Fsp3) is 1.00. The van der Waals surface area contributed by atoms with Gasteiger partial charge >= 0.3 is 8.56 Å². The third kappa shape index (κ3) is 0.848. The van der Waals surface area contributed by atoms with Gasteiger partial charge in [-0.3, -0.25) is 0 Å². The fourth-order valence-electron chi connectivity index (χ4n) is 3.43. The fourth-order valence-corrected chi connectivity index (χ4v) is 9.28. The zero-order valence-electron chi connectivity index (χ0n) is 10.8. The van der Waals surface area contributed by atoms with Crippen LogP contribution in [0.2, 0.25) is 10.1 Å². The van der Waals surface area contributed by atoms with Gasteiger partial charge in [-0.15, -0.1) is 0 Å². The smallest absolute Gasteiger partial charge is 0.350 e. The summed E-state index contributed by atoms with van der Waals surface area (Å²) in [5.41, 5.74) is 0.262. The SMILES string of the molecule is CO[Si]1(OC)C(C)(C)C(C)(C)C1(C)C. The Morgan fingerprint density at radius 2 is 1.00 bits per heavy atom. The zero-order valence-corrected chi connectivity index (χ0v) is 11.8. The Morgan fingerprint density at radius 1 is 0.714 bits per heavy atom. The van der Waals surface area contributed by atoms with Crippen LogP contribution in [0.15, 0.2) is 0 Å². The van der Waals surface area contributed by atoms with Crippen molar-refractivity contribution < 1.29 is 8.85 Å². The molecule has 0 aliphatic carbocycles. The first-order valence-corrected chi connectivity index (χ1v) is 7.04. The van der Waals surface area contributed by atoms with Crippen LogP contribution in [0.1, 0.15) is 41.5 Å². The van der Waals surface area contributed by atoms with E-state index in [1.54, 1.807) is 14.2 Å². The van der Waals surface area contributed by atoms with E-state index in [9.17, 15) is 0 Å². The molecule has 0 bridgehead atoms. The predicted molar refractivity (Wildman–Crippen MR) is 61.6 cm³/mol. The maximum Gasteiger partial charge on any atom is 0.350 e. The lowest BCUT2D eigenvalue weighted by molar-refractivity contribution is 0.00132. The number of rotatable bonds is 2. The molecule has 0 spiro atoms. The molecular formula is C11H24O2Si. The zero-order chi connectivity index (χ0) is 11.4. The molecule has 84 valence electrons. The normalized spacial score (nSPS) is 30.9. The van der Waals surface area contributed by atoms with Crippen LogP contribution in [-0.2, 0) is 8.85 Å². The molecule has 0 amide bonds. The van der Waals surface area contributed by atoms with Crippen LogP contribution in [0.5, 0.6) is 0 Å². The van der Waals surface area contributed by atoms with E-state index in [1.807, 2.05) is 0 Å². The Hall–Kier alpha value is 0.137. The Labute approximate surface area is 89.2 Å². The monoisotopic (exact) mass is 216 g/mol. The van der Waals surface area contributed by atoms with Gasteiger partial charge < -0.3 is 8.85 Å².